The highest BCUT2D eigenvalue weighted by Crippen LogP contribution is 2.66. The molecule has 0 aliphatic carbocycles. The van der Waals surface area contributed by atoms with Gasteiger partial charge in [-0.2, -0.15) is 0 Å². The van der Waals surface area contributed by atoms with Gasteiger partial charge >= 0.3 is 0 Å². The zero-order valence-electron chi connectivity index (χ0n) is 22.0. The lowest BCUT2D eigenvalue weighted by molar-refractivity contribution is 0.593. The number of fused-ring (bicyclic) bond motifs is 1. The van der Waals surface area contributed by atoms with Crippen molar-refractivity contribution in [2.45, 2.75) is 13.8 Å². The van der Waals surface area contributed by atoms with Crippen molar-refractivity contribution >= 4 is 51.3 Å². The zero-order chi connectivity index (χ0) is 27.3. The van der Waals surface area contributed by atoms with Crippen LogP contribution < -0.4 is 10.6 Å². The molecule has 0 bridgehead atoms. The molecule has 0 fully saturated rings. The van der Waals surface area contributed by atoms with Crippen LogP contribution in [0.3, 0.4) is 0 Å². The number of benzene rings is 4. The molecular formula is C34H25N2OPS2. The number of rotatable bonds is 5. The normalized spacial score (nSPS) is 16.4. The molecule has 7 rings (SSSR count). The average molecular weight is 573 g/mol. The summed E-state index contributed by atoms with van der Waals surface area (Å²) in [4.78, 5) is 12.5. The molecule has 194 valence electrons. The molecule has 2 aromatic heterocycles. The average Bonchev–Trinajstić information content (AvgIpc) is 3.66. The van der Waals surface area contributed by atoms with E-state index < -0.39 is 7.14 Å². The SMILES string of the molecule is Cc1sc(-c2ccccc2)nc1C1=C(c2nc(-c3ccccc3)sc2C)[P@@](=O)(c2ccccc2)c2ccccc21. The van der Waals surface area contributed by atoms with Gasteiger partial charge < -0.3 is 4.57 Å². The standard InChI is InChI=1S/C34H25N2OPS2/c1-22-30(35-33(39-22)24-14-6-3-7-15-24)29-27-20-12-13-21-28(27)38(37,26-18-10-5-11-19-26)32(29)31-23(2)40-34(36-31)25-16-8-4-9-17-25/h3-21H,1-2H3/t38-/m1/s1. The van der Waals surface area contributed by atoms with Crippen LogP contribution in [0.4, 0.5) is 0 Å². The third-order valence-electron chi connectivity index (χ3n) is 7.28. The monoisotopic (exact) mass is 572 g/mol. The molecule has 0 radical (unpaired) electrons. The van der Waals surface area contributed by atoms with Crippen LogP contribution in [-0.2, 0) is 4.57 Å². The van der Waals surface area contributed by atoms with Crippen molar-refractivity contribution in [3.63, 3.8) is 0 Å². The van der Waals surface area contributed by atoms with Crippen LogP contribution in [-0.4, -0.2) is 9.97 Å². The third-order valence-corrected chi connectivity index (χ3v) is 12.5. The number of aryl methyl sites for hydroxylation is 2. The minimum absolute atomic E-state index is 0.795. The maximum Gasteiger partial charge on any atom is 0.174 e. The van der Waals surface area contributed by atoms with Gasteiger partial charge in [0.2, 0.25) is 0 Å². The Morgan fingerprint density at radius 2 is 1.05 bits per heavy atom. The molecule has 4 aromatic carbocycles. The molecule has 0 saturated carbocycles. The van der Waals surface area contributed by atoms with Gasteiger partial charge in [0.1, 0.15) is 10.0 Å². The second-order valence-corrected chi connectivity index (χ2v) is 14.8. The Morgan fingerprint density at radius 1 is 0.575 bits per heavy atom. The second kappa shape index (κ2) is 9.94. The number of aromatic nitrogens is 2. The lowest BCUT2D eigenvalue weighted by Crippen LogP contribution is -2.15. The number of hydrogen-bond acceptors (Lipinski definition) is 5. The van der Waals surface area contributed by atoms with Gasteiger partial charge in [0.15, 0.2) is 7.14 Å². The van der Waals surface area contributed by atoms with Crippen LogP contribution >= 0.6 is 29.8 Å². The van der Waals surface area contributed by atoms with Crippen LogP contribution in [0.1, 0.15) is 26.7 Å². The zero-order valence-corrected chi connectivity index (χ0v) is 24.6. The van der Waals surface area contributed by atoms with Crippen molar-refractivity contribution < 1.29 is 4.57 Å². The summed E-state index contributed by atoms with van der Waals surface area (Å²) in [5, 5.41) is 4.35. The van der Waals surface area contributed by atoms with Crippen molar-refractivity contribution in [2.75, 3.05) is 0 Å². The minimum atomic E-state index is -3.27. The summed E-state index contributed by atoms with van der Waals surface area (Å²) < 4.78 is 15.7. The first-order valence-electron chi connectivity index (χ1n) is 13.1. The van der Waals surface area contributed by atoms with E-state index in [0.717, 1.165) is 69.3 Å². The smallest absolute Gasteiger partial charge is 0.174 e. The summed E-state index contributed by atoms with van der Waals surface area (Å²) in [6.45, 7) is 4.20. The van der Waals surface area contributed by atoms with Crippen molar-refractivity contribution in [3.05, 3.63) is 142 Å². The van der Waals surface area contributed by atoms with Crippen LogP contribution in [0.25, 0.3) is 32.0 Å². The van der Waals surface area contributed by atoms with Crippen molar-refractivity contribution in [2.24, 2.45) is 0 Å². The Balaban J connectivity index is 1.56. The molecule has 6 aromatic rings. The van der Waals surface area contributed by atoms with E-state index in [1.807, 2.05) is 84.9 Å². The van der Waals surface area contributed by atoms with Crippen molar-refractivity contribution in [1.82, 2.24) is 9.97 Å². The van der Waals surface area contributed by atoms with E-state index in [-0.39, 0.29) is 0 Å². The lowest BCUT2D eigenvalue weighted by Gasteiger charge is -2.18. The van der Waals surface area contributed by atoms with E-state index >= 15 is 4.57 Å². The molecule has 0 unspecified atom stereocenters. The van der Waals surface area contributed by atoms with Crippen molar-refractivity contribution in [1.29, 1.82) is 0 Å². The summed E-state index contributed by atoms with van der Waals surface area (Å²) in [7, 11) is -3.27. The Bertz CT molecular complexity index is 1940. The Labute approximate surface area is 241 Å². The first-order valence-corrected chi connectivity index (χ1v) is 16.5. The predicted molar refractivity (Wildman–Crippen MR) is 170 cm³/mol. The van der Waals surface area contributed by atoms with Gasteiger partial charge in [-0.05, 0) is 19.4 Å². The molecule has 0 amide bonds. The fourth-order valence-electron chi connectivity index (χ4n) is 5.43. The first kappa shape index (κ1) is 25.1. The first-order chi connectivity index (χ1) is 19.6. The summed E-state index contributed by atoms with van der Waals surface area (Å²) in [6.07, 6.45) is 0. The van der Waals surface area contributed by atoms with E-state index in [2.05, 4.69) is 44.2 Å². The fourth-order valence-corrected chi connectivity index (χ4v) is 10.6. The Kier molecular flexibility index (Phi) is 6.24. The van der Waals surface area contributed by atoms with E-state index in [1.165, 1.54) is 0 Å². The van der Waals surface area contributed by atoms with Gasteiger partial charge in [-0.15, -0.1) is 22.7 Å². The topological polar surface area (TPSA) is 42.9 Å². The second-order valence-electron chi connectivity index (χ2n) is 9.77. The highest BCUT2D eigenvalue weighted by Gasteiger charge is 2.45. The van der Waals surface area contributed by atoms with Gasteiger partial charge in [0.05, 0.1) is 16.7 Å². The Morgan fingerprint density at radius 3 is 1.65 bits per heavy atom. The van der Waals surface area contributed by atoms with Gasteiger partial charge in [-0.25, -0.2) is 9.97 Å². The van der Waals surface area contributed by atoms with Crippen LogP contribution in [0.5, 0.6) is 0 Å². The summed E-state index contributed by atoms with van der Waals surface area (Å²) in [5.41, 5.74) is 5.74. The molecule has 1 atom stereocenters. The largest absolute Gasteiger partial charge is 0.309 e. The quantitative estimate of drug-likeness (QED) is 0.194. The molecule has 0 N–H and O–H groups in total. The van der Waals surface area contributed by atoms with Gasteiger partial charge in [0.25, 0.3) is 0 Å². The van der Waals surface area contributed by atoms with Crippen molar-refractivity contribution in [3.8, 4) is 21.1 Å². The molecule has 6 heteroatoms. The summed E-state index contributed by atoms with van der Waals surface area (Å²) >= 11 is 3.32. The highest BCUT2D eigenvalue weighted by molar-refractivity contribution is 7.88. The highest BCUT2D eigenvalue weighted by atomic mass is 32.1. The van der Waals surface area contributed by atoms with Crippen LogP contribution in [0, 0.1) is 13.8 Å². The van der Waals surface area contributed by atoms with Crippen LogP contribution in [0.2, 0.25) is 0 Å². The van der Waals surface area contributed by atoms with E-state index in [1.54, 1.807) is 22.7 Å². The molecule has 40 heavy (non-hydrogen) atoms. The molecule has 1 aliphatic heterocycles. The molecular weight excluding hydrogens is 547 g/mol. The number of hydrogen-bond donors (Lipinski definition) is 0. The van der Waals surface area contributed by atoms with E-state index in [9.17, 15) is 0 Å². The summed E-state index contributed by atoms with van der Waals surface area (Å²) in [5.74, 6) is 0. The molecule has 0 saturated heterocycles. The van der Waals surface area contributed by atoms with Gasteiger partial charge in [-0.3, -0.25) is 0 Å². The van der Waals surface area contributed by atoms with Gasteiger partial charge in [0, 0.05) is 37.1 Å². The predicted octanol–water partition coefficient (Wildman–Crippen LogP) is 8.79. The van der Waals surface area contributed by atoms with E-state index in [4.69, 9.17) is 9.97 Å². The van der Waals surface area contributed by atoms with Gasteiger partial charge in [-0.1, -0.05) is 115 Å². The lowest BCUT2D eigenvalue weighted by atomic mass is 10.0. The molecule has 1 aliphatic rings. The number of nitrogens with zero attached hydrogens (tertiary/aromatic N) is 2. The van der Waals surface area contributed by atoms with E-state index in [0.29, 0.717) is 0 Å². The fraction of sp³-hybridized carbons (Fsp3) is 0.0588. The minimum Gasteiger partial charge on any atom is -0.309 e. The molecule has 0 spiro atoms. The Hall–Kier alpha value is -3.89. The maximum atomic E-state index is 15.7. The van der Waals surface area contributed by atoms with Crippen LogP contribution in [0.15, 0.2) is 115 Å². The maximum absolute atomic E-state index is 15.7. The molecule has 3 heterocycles. The molecule has 3 nitrogen and oxygen atoms in total. The summed E-state index contributed by atoms with van der Waals surface area (Å²) in [6, 6.07) is 38.5. The third kappa shape index (κ3) is 3.97. The number of thiazole rings is 2.